The maximum atomic E-state index is 12.3. The van der Waals surface area contributed by atoms with E-state index in [1.165, 1.54) is 16.7 Å². The van der Waals surface area contributed by atoms with Crippen LogP contribution in [0.25, 0.3) is 11.1 Å². The third kappa shape index (κ3) is 4.23. The first-order valence-corrected chi connectivity index (χ1v) is 11.0. The van der Waals surface area contributed by atoms with Gasteiger partial charge in [0.1, 0.15) is 0 Å². The van der Waals surface area contributed by atoms with Crippen LogP contribution in [0.15, 0.2) is 71.6 Å². The van der Waals surface area contributed by atoms with Crippen molar-refractivity contribution in [3.63, 3.8) is 0 Å². The van der Waals surface area contributed by atoms with Gasteiger partial charge in [0.15, 0.2) is 0 Å². The number of rotatable bonds is 6. The molecule has 0 spiro atoms. The fourth-order valence-corrected chi connectivity index (χ4v) is 4.56. The second-order valence-corrected chi connectivity index (χ2v) is 8.98. The van der Waals surface area contributed by atoms with E-state index in [2.05, 4.69) is 22.2 Å². The van der Waals surface area contributed by atoms with Gasteiger partial charge in [0, 0.05) is 18.7 Å². The molecule has 0 aliphatic heterocycles. The van der Waals surface area contributed by atoms with Crippen molar-refractivity contribution in [1.29, 1.82) is 0 Å². The second-order valence-electron chi connectivity index (χ2n) is 7.21. The van der Waals surface area contributed by atoms with Crippen molar-refractivity contribution in [2.45, 2.75) is 24.7 Å². The van der Waals surface area contributed by atoms with Crippen molar-refractivity contribution in [1.82, 2.24) is 4.72 Å². The van der Waals surface area contributed by atoms with E-state index in [0.29, 0.717) is 5.69 Å². The molecule has 1 aliphatic carbocycles. The Kier molecular flexibility index (Phi) is 5.22. The van der Waals surface area contributed by atoms with Crippen molar-refractivity contribution >= 4 is 21.6 Å². The Morgan fingerprint density at radius 3 is 2.45 bits per heavy atom. The van der Waals surface area contributed by atoms with E-state index in [1.807, 2.05) is 37.3 Å². The quantitative estimate of drug-likeness (QED) is 0.510. The number of benzene rings is 3. The summed E-state index contributed by atoms with van der Waals surface area (Å²) in [4.78, 5) is 12.5. The molecule has 1 amide bonds. The SMILES string of the molecule is Cc1ccc(S(=O)(=O)NCCC(=O)Nc2ccc3c(c2)-c2ccccc2C3)cc1. The Hall–Kier alpha value is -2.96. The number of fused-ring (bicyclic) bond motifs is 3. The van der Waals surface area contributed by atoms with Crippen LogP contribution < -0.4 is 10.0 Å². The molecule has 0 saturated heterocycles. The molecule has 5 nitrogen and oxygen atoms in total. The number of carbonyl (C=O) groups excluding carboxylic acids is 1. The zero-order valence-corrected chi connectivity index (χ0v) is 16.9. The molecule has 0 aromatic heterocycles. The molecule has 3 aromatic rings. The van der Waals surface area contributed by atoms with E-state index in [-0.39, 0.29) is 23.8 Å². The van der Waals surface area contributed by atoms with Gasteiger partial charge < -0.3 is 5.32 Å². The molecule has 1 aliphatic rings. The maximum Gasteiger partial charge on any atom is 0.240 e. The van der Waals surface area contributed by atoms with Crippen molar-refractivity contribution in [2.75, 3.05) is 11.9 Å². The lowest BCUT2D eigenvalue weighted by atomic mass is 10.1. The zero-order valence-electron chi connectivity index (χ0n) is 16.1. The van der Waals surface area contributed by atoms with Gasteiger partial charge in [0.25, 0.3) is 0 Å². The Morgan fingerprint density at radius 2 is 1.66 bits per heavy atom. The number of carbonyl (C=O) groups is 1. The molecule has 0 unspecified atom stereocenters. The monoisotopic (exact) mass is 406 g/mol. The highest BCUT2D eigenvalue weighted by atomic mass is 32.2. The van der Waals surface area contributed by atoms with Crippen LogP contribution in [-0.4, -0.2) is 20.9 Å². The largest absolute Gasteiger partial charge is 0.326 e. The standard InChI is InChI=1S/C23H22N2O3S/c1-16-6-10-20(11-7-16)29(27,28)24-13-12-23(26)25-19-9-8-18-14-17-4-2-3-5-21(17)22(18)15-19/h2-11,15,24H,12-14H2,1H3,(H,25,26). The Morgan fingerprint density at radius 1 is 0.931 bits per heavy atom. The number of hydrogen-bond acceptors (Lipinski definition) is 3. The van der Waals surface area contributed by atoms with Crippen molar-refractivity contribution in [2.24, 2.45) is 0 Å². The third-order valence-corrected chi connectivity index (χ3v) is 6.53. The molecule has 3 aromatic carbocycles. The van der Waals surface area contributed by atoms with Gasteiger partial charge in [0.2, 0.25) is 15.9 Å². The van der Waals surface area contributed by atoms with Gasteiger partial charge in [-0.25, -0.2) is 13.1 Å². The molecule has 0 saturated carbocycles. The van der Waals surface area contributed by atoms with E-state index in [0.717, 1.165) is 17.5 Å². The van der Waals surface area contributed by atoms with Crippen LogP contribution in [0, 0.1) is 6.92 Å². The van der Waals surface area contributed by atoms with Gasteiger partial charge >= 0.3 is 0 Å². The van der Waals surface area contributed by atoms with E-state index in [1.54, 1.807) is 24.3 Å². The van der Waals surface area contributed by atoms with Crippen LogP contribution in [0.5, 0.6) is 0 Å². The molecule has 0 atom stereocenters. The molecule has 6 heteroatoms. The van der Waals surface area contributed by atoms with Crippen molar-refractivity contribution in [3.8, 4) is 11.1 Å². The molecule has 0 bridgehead atoms. The Balaban J connectivity index is 1.36. The fourth-order valence-electron chi connectivity index (χ4n) is 3.52. The molecule has 2 N–H and O–H groups in total. The number of nitrogens with one attached hydrogen (secondary N) is 2. The van der Waals surface area contributed by atoms with Crippen LogP contribution in [-0.2, 0) is 21.2 Å². The number of hydrogen-bond donors (Lipinski definition) is 2. The van der Waals surface area contributed by atoms with E-state index in [4.69, 9.17) is 0 Å². The topological polar surface area (TPSA) is 75.3 Å². The van der Waals surface area contributed by atoms with Crippen LogP contribution >= 0.6 is 0 Å². The summed E-state index contributed by atoms with van der Waals surface area (Å²) >= 11 is 0. The summed E-state index contributed by atoms with van der Waals surface area (Å²) in [6.07, 6.45) is 0.958. The van der Waals surface area contributed by atoms with Gasteiger partial charge in [-0.15, -0.1) is 0 Å². The summed E-state index contributed by atoms with van der Waals surface area (Å²) < 4.78 is 27.0. The Bertz CT molecular complexity index is 1170. The van der Waals surface area contributed by atoms with Crippen LogP contribution in [0.4, 0.5) is 5.69 Å². The fraction of sp³-hybridized carbons (Fsp3) is 0.174. The molecular formula is C23H22N2O3S. The van der Waals surface area contributed by atoms with Gasteiger partial charge in [-0.2, -0.15) is 0 Å². The Labute approximate surface area is 170 Å². The second kappa shape index (κ2) is 7.81. The van der Waals surface area contributed by atoms with E-state index >= 15 is 0 Å². The summed E-state index contributed by atoms with van der Waals surface area (Å²) in [5.74, 6) is -0.233. The van der Waals surface area contributed by atoms with Crippen LogP contribution in [0.2, 0.25) is 0 Å². The lowest BCUT2D eigenvalue weighted by molar-refractivity contribution is -0.116. The highest BCUT2D eigenvalue weighted by Crippen LogP contribution is 2.37. The average Bonchev–Trinajstić information content (AvgIpc) is 3.06. The number of aryl methyl sites for hydroxylation is 1. The summed E-state index contributed by atoms with van der Waals surface area (Å²) in [5.41, 5.74) is 6.57. The molecule has 148 valence electrons. The zero-order chi connectivity index (χ0) is 20.4. The molecule has 4 rings (SSSR count). The van der Waals surface area contributed by atoms with Gasteiger partial charge in [0.05, 0.1) is 4.90 Å². The summed E-state index contributed by atoms with van der Waals surface area (Å²) in [5, 5.41) is 2.86. The highest BCUT2D eigenvalue weighted by molar-refractivity contribution is 7.89. The average molecular weight is 407 g/mol. The summed E-state index contributed by atoms with van der Waals surface area (Å²) in [6.45, 7) is 1.93. The first-order chi connectivity index (χ1) is 13.9. The lowest BCUT2D eigenvalue weighted by Crippen LogP contribution is -2.27. The van der Waals surface area contributed by atoms with Crippen LogP contribution in [0.1, 0.15) is 23.1 Å². The molecule has 29 heavy (non-hydrogen) atoms. The molecular weight excluding hydrogens is 384 g/mol. The van der Waals surface area contributed by atoms with E-state index < -0.39 is 10.0 Å². The normalized spacial score (nSPS) is 12.3. The van der Waals surface area contributed by atoms with Crippen LogP contribution in [0.3, 0.4) is 0 Å². The number of amides is 1. The molecule has 0 fully saturated rings. The minimum Gasteiger partial charge on any atom is -0.326 e. The predicted molar refractivity (Wildman–Crippen MR) is 114 cm³/mol. The molecule has 0 heterocycles. The minimum atomic E-state index is -3.62. The van der Waals surface area contributed by atoms with Crippen molar-refractivity contribution in [3.05, 3.63) is 83.4 Å². The number of anilines is 1. The van der Waals surface area contributed by atoms with Gasteiger partial charge in [-0.05, 0) is 59.9 Å². The third-order valence-electron chi connectivity index (χ3n) is 5.06. The van der Waals surface area contributed by atoms with Gasteiger partial charge in [-0.3, -0.25) is 4.79 Å². The van der Waals surface area contributed by atoms with Gasteiger partial charge in [-0.1, -0.05) is 48.0 Å². The number of sulfonamides is 1. The van der Waals surface area contributed by atoms with Crippen molar-refractivity contribution < 1.29 is 13.2 Å². The predicted octanol–water partition coefficient (Wildman–Crippen LogP) is 3.87. The molecule has 0 radical (unpaired) electrons. The van der Waals surface area contributed by atoms with E-state index in [9.17, 15) is 13.2 Å². The smallest absolute Gasteiger partial charge is 0.240 e. The maximum absolute atomic E-state index is 12.3. The first-order valence-electron chi connectivity index (χ1n) is 9.50. The summed E-state index contributed by atoms with van der Waals surface area (Å²) in [7, 11) is -3.62. The minimum absolute atomic E-state index is 0.0375. The first kappa shape index (κ1) is 19.4. The summed E-state index contributed by atoms with van der Waals surface area (Å²) in [6, 6.07) is 20.8. The lowest BCUT2D eigenvalue weighted by Gasteiger charge is -2.09. The highest BCUT2D eigenvalue weighted by Gasteiger charge is 2.18.